The van der Waals surface area contributed by atoms with Gasteiger partial charge in [-0.2, -0.15) is 0 Å². The molecule has 0 radical (unpaired) electrons. The minimum Gasteiger partial charge on any atom is -0.331 e. The van der Waals surface area contributed by atoms with Crippen LogP contribution >= 0.6 is 34.8 Å². The van der Waals surface area contributed by atoms with E-state index in [0.717, 1.165) is 0 Å². The van der Waals surface area contributed by atoms with E-state index in [9.17, 15) is 0 Å². The first kappa shape index (κ1) is 24.6. The van der Waals surface area contributed by atoms with Crippen molar-refractivity contribution in [1.82, 2.24) is 0 Å². The first-order valence-electron chi connectivity index (χ1n) is 11.6. The molecule has 0 bridgehead atoms. The molecule has 0 spiro atoms. The van der Waals surface area contributed by atoms with Crippen molar-refractivity contribution >= 4 is 34.8 Å². The van der Waals surface area contributed by atoms with Crippen LogP contribution in [0.25, 0.3) is 0 Å². The highest BCUT2D eigenvalue weighted by molar-refractivity contribution is 6.22. The summed E-state index contributed by atoms with van der Waals surface area (Å²) in [5.74, 6) is 0. The predicted molar refractivity (Wildman–Crippen MR) is 133 cm³/mol. The monoisotopic (exact) mass is 548 g/mol. The van der Waals surface area contributed by atoms with Crippen molar-refractivity contribution in [3.05, 3.63) is 108 Å². The molecule has 36 heavy (non-hydrogen) atoms. The molecule has 3 fully saturated rings. The van der Waals surface area contributed by atoms with Gasteiger partial charge in [-0.15, -0.1) is 0 Å². The summed E-state index contributed by atoms with van der Waals surface area (Å²) in [4.78, 5) is 0. The van der Waals surface area contributed by atoms with E-state index in [-0.39, 0.29) is 13.2 Å². The fourth-order valence-corrected chi connectivity index (χ4v) is 5.60. The highest BCUT2D eigenvalue weighted by atomic mass is 35.5. The average Bonchev–Trinajstić information content (AvgIpc) is 3.27. The van der Waals surface area contributed by atoms with E-state index >= 15 is 0 Å². The summed E-state index contributed by atoms with van der Waals surface area (Å²) in [6.45, 7) is 0.0827. The Hall–Kier alpha value is -1.71. The lowest BCUT2D eigenvalue weighted by Crippen LogP contribution is -2.59. The van der Waals surface area contributed by atoms with Gasteiger partial charge in [0.25, 0.3) is 15.7 Å². The van der Waals surface area contributed by atoms with Crippen LogP contribution in [0.5, 0.6) is 0 Å². The Kier molecular flexibility index (Phi) is 6.53. The molecule has 0 aliphatic carbocycles. The second-order valence-electron chi connectivity index (χ2n) is 8.81. The van der Waals surface area contributed by atoms with Gasteiger partial charge in [0, 0.05) is 16.7 Å². The number of halogens is 3. The normalized spacial score (nSPS) is 38.4. The van der Waals surface area contributed by atoms with E-state index < -0.39 is 40.2 Å². The first-order valence-corrected chi connectivity index (χ1v) is 12.7. The van der Waals surface area contributed by atoms with Gasteiger partial charge >= 0.3 is 0 Å². The Bertz CT molecular complexity index is 1150. The molecule has 9 heteroatoms. The number of fused-ring (bicyclic) bond motifs is 3. The third-order valence-electron chi connectivity index (χ3n) is 6.46. The summed E-state index contributed by atoms with van der Waals surface area (Å²) in [6.07, 6.45) is -2.81. The molecular formula is C27H23Cl3O6. The van der Waals surface area contributed by atoms with Crippen LogP contribution in [0.1, 0.15) is 16.7 Å². The highest BCUT2D eigenvalue weighted by Gasteiger charge is 2.59. The van der Waals surface area contributed by atoms with E-state index in [0.29, 0.717) is 16.7 Å². The van der Waals surface area contributed by atoms with Crippen LogP contribution < -0.4 is 0 Å². The van der Waals surface area contributed by atoms with Crippen molar-refractivity contribution in [1.29, 1.82) is 0 Å². The smallest absolute Gasteiger partial charge is 0.277 e. The molecule has 0 aromatic heterocycles. The minimum absolute atomic E-state index is 0.0262. The van der Waals surface area contributed by atoms with Crippen molar-refractivity contribution in [2.24, 2.45) is 0 Å². The third kappa shape index (κ3) is 4.45. The summed E-state index contributed by atoms with van der Waals surface area (Å²) >= 11 is 20.7. The van der Waals surface area contributed by atoms with Gasteiger partial charge in [-0.1, -0.05) is 126 Å². The lowest BCUT2D eigenvalue weighted by molar-refractivity contribution is -0.351. The van der Waals surface area contributed by atoms with E-state index in [1.54, 1.807) is 0 Å². The van der Waals surface area contributed by atoms with Crippen molar-refractivity contribution in [3.63, 3.8) is 0 Å². The Labute approximate surface area is 223 Å². The van der Waals surface area contributed by atoms with E-state index in [4.69, 9.17) is 63.2 Å². The van der Waals surface area contributed by atoms with Crippen LogP contribution in [0, 0.1) is 0 Å². The molecule has 3 unspecified atom stereocenters. The fourth-order valence-electron chi connectivity index (χ4n) is 4.67. The predicted octanol–water partition coefficient (Wildman–Crippen LogP) is 5.75. The summed E-state index contributed by atoms with van der Waals surface area (Å²) in [5.41, 5.74) is 1.90. The van der Waals surface area contributed by atoms with Crippen molar-refractivity contribution in [2.45, 2.75) is 40.2 Å². The molecular weight excluding hydrogens is 527 g/mol. The van der Waals surface area contributed by atoms with Crippen molar-refractivity contribution in [2.75, 3.05) is 13.2 Å². The topological polar surface area (TPSA) is 55.4 Å². The molecule has 0 saturated carbocycles. The number of hydrogen-bond acceptors (Lipinski definition) is 6. The van der Waals surface area contributed by atoms with Gasteiger partial charge in [0.2, 0.25) is 0 Å². The van der Waals surface area contributed by atoms with Crippen LogP contribution in [-0.4, -0.2) is 37.6 Å². The molecule has 0 amide bonds. The van der Waals surface area contributed by atoms with Crippen LogP contribution in [-0.2, 0) is 44.2 Å². The number of ether oxygens (including phenoxy) is 6. The lowest BCUT2D eigenvalue weighted by Gasteiger charge is -2.47. The molecule has 3 aliphatic heterocycles. The third-order valence-corrected chi connectivity index (χ3v) is 7.69. The molecule has 3 aromatic carbocycles. The van der Waals surface area contributed by atoms with E-state index in [1.807, 2.05) is 91.0 Å². The number of hydrogen-bond donors (Lipinski definition) is 0. The number of alkyl halides is 3. The van der Waals surface area contributed by atoms with Crippen LogP contribution in [0.3, 0.4) is 0 Å². The van der Waals surface area contributed by atoms with E-state index in [2.05, 4.69) is 0 Å². The molecule has 3 aliphatic rings. The molecule has 3 heterocycles. The maximum atomic E-state index is 6.95. The summed E-state index contributed by atoms with van der Waals surface area (Å²) in [6, 6.07) is 27.8. The Morgan fingerprint density at radius 1 is 0.472 bits per heavy atom. The maximum absolute atomic E-state index is 6.95. The average molecular weight is 550 g/mol. The van der Waals surface area contributed by atoms with Crippen LogP contribution in [0.2, 0.25) is 0 Å². The van der Waals surface area contributed by atoms with Crippen LogP contribution in [0.4, 0.5) is 0 Å². The van der Waals surface area contributed by atoms with Gasteiger partial charge in [-0.05, 0) is 0 Å². The maximum Gasteiger partial charge on any atom is 0.277 e. The lowest BCUT2D eigenvalue weighted by atomic mass is 10.0. The molecule has 188 valence electrons. The first-order chi connectivity index (χ1) is 17.4. The van der Waals surface area contributed by atoms with Gasteiger partial charge < -0.3 is 28.4 Å². The molecule has 3 saturated heterocycles. The molecule has 6 rings (SSSR count). The zero-order valence-electron chi connectivity index (χ0n) is 19.0. The van der Waals surface area contributed by atoms with Crippen molar-refractivity contribution in [3.8, 4) is 0 Å². The number of rotatable bonds is 3. The second kappa shape index (κ2) is 9.55. The van der Waals surface area contributed by atoms with Gasteiger partial charge in [-0.3, -0.25) is 0 Å². The Morgan fingerprint density at radius 3 is 1.25 bits per heavy atom. The molecule has 6 nitrogen and oxygen atoms in total. The van der Waals surface area contributed by atoms with E-state index in [1.165, 1.54) is 0 Å². The number of benzene rings is 3. The zero-order chi connectivity index (χ0) is 24.8. The van der Waals surface area contributed by atoms with Gasteiger partial charge in [-0.25, -0.2) is 0 Å². The van der Waals surface area contributed by atoms with Gasteiger partial charge in [0.05, 0.1) is 13.2 Å². The molecule has 3 aromatic rings. The fraction of sp³-hybridized carbons (Fsp3) is 0.333. The SMILES string of the molecule is ClC1(c2ccccc2)OC[C@H]2OC(Cl)(c3ccccc3)OC[C@@H]3OC(Cl)(c4ccccc4)O[C@H]3[C@@H]2O1. The van der Waals surface area contributed by atoms with Crippen LogP contribution in [0.15, 0.2) is 91.0 Å². The van der Waals surface area contributed by atoms with Crippen molar-refractivity contribution < 1.29 is 28.4 Å². The van der Waals surface area contributed by atoms with Gasteiger partial charge in [0.1, 0.15) is 24.4 Å². The molecule has 0 N–H and O–H groups in total. The minimum atomic E-state index is -1.62. The molecule has 7 atom stereocenters. The summed E-state index contributed by atoms with van der Waals surface area (Å²) in [7, 11) is 0. The van der Waals surface area contributed by atoms with Gasteiger partial charge in [0.15, 0.2) is 0 Å². The zero-order valence-corrected chi connectivity index (χ0v) is 21.2. The summed E-state index contributed by atoms with van der Waals surface area (Å²) in [5, 5.41) is -4.74. The standard InChI is InChI=1S/C27H23Cl3O6/c28-25(18-10-4-1-5-11-18)31-17-22-24(36-27(30,34-22)20-14-8-3-9-15-20)23-21(33-25)16-32-26(29,35-23)19-12-6-2-7-13-19/h1-15,21-24H,16-17H2/t21-,22+,23-,24-,25?,26?,27?/m1/s1. The Morgan fingerprint density at radius 2 is 0.806 bits per heavy atom. The highest BCUT2D eigenvalue weighted by Crippen LogP contribution is 2.49. The second-order valence-corrected chi connectivity index (χ2v) is 10.3. The summed E-state index contributed by atoms with van der Waals surface area (Å²) < 4.78 is 37.5. The quantitative estimate of drug-likeness (QED) is 0.388. The Balaban J connectivity index is 1.38. The largest absolute Gasteiger partial charge is 0.331 e.